The monoisotopic (exact) mass is 433 g/mol. The van der Waals surface area contributed by atoms with E-state index in [2.05, 4.69) is 10.3 Å². The first-order valence-electron chi connectivity index (χ1n) is 9.70. The summed E-state index contributed by atoms with van der Waals surface area (Å²) in [6, 6.07) is 10.1. The summed E-state index contributed by atoms with van der Waals surface area (Å²) < 4.78 is 44.1. The number of imidazole rings is 1. The van der Waals surface area contributed by atoms with Gasteiger partial charge in [-0.05, 0) is 29.8 Å². The van der Waals surface area contributed by atoms with Gasteiger partial charge in [-0.2, -0.15) is 8.78 Å². The Balaban J connectivity index is 1.72. The molecule has 0 unspecified atom stereocenters. The van der Waals surface area contributed by atoms with E-state index in [0.29, 0.717) is 33.8 Å². The molecule has 1 heterocycles. The molecule has 0 aliphatic rings. The number of carbonyl (C=O) groups is 1. The summed E-state index contributed by atoms with van der Waals surface area (Å²) in [5.41, 5.74) is 1.52. The molecular weight excluding hydrogens is 408 g/mol. The number of benzene rings is 2. The number of aromatic nitrogens is 2. The van der Waals surface area contributed by atoms with E-state index in [1.807, 2.05) is 0 Å². The Morgan fingerprint density at radius 3 is 2.32 bits per heavy atom. The number of para-hydroxylation sites is 2. The van der Waals surface area contributed by atoms with Crippen LogP contribution in [0.5, 0.6) is 17.2 Å². The van der Waals surface area contributed by atoms with Gasteiger partial charge in [0.2, 0.25) is 11.7 Å². The number of alkyl halides is 2. The van der Waals surface area contributed by atoms with Crippen LogP contribution in [0, 0.1) is 0 Å². The van der Waals surface area contributed by atoms with Gasteiger partial charge >= 0.3 is 6.55 Å². The zero-order valence-electron chi connectivity index (χ0n) is 17.8. The maximum absolute atomic E-state index is 13.6. The summed E-state index contributed by atoms with van der Waals surface area (Å²) in [7, 11) is 4.50. The van der Waals surface area contributed by atoms with Crippen LogP contribution < -0.4 is 19.5 Å². The van der Waals surface area contributed by atoms with Gasteiger partial charge in [-0.15, -0.1) is 0 Å². The van der Waals surface area contributed by atoms with Gasteiger partial charge in [0.25, 0.3) is 0 Å². The minimum Gasteiger partial charge on any atom is -0.493 e. The van der Waals surface area contributed by atoms with E-state index in [1.54, 1.807) is 43.3 Å². The molecule has 166 valence electrons. The SMILES string of the molecule is COc1cc(CC(=O)NC[C@H](C)c2nc3ccccc3n2C(F)F)cc(OC)c1OC. The zero-order chi connectivity index (χ0) is 22.5. The predicted octanol–water partition coefficient (Wildman–Crippen LogP) is 3.92. The van der Waals surface area contributed by atoms with Crippen molar-refractivity contribution in [3.05, 3.63) is 47.8 Å². The van der Waals surface area contributed by atoms with Crippen LogP contribution >= 0.6 is 0 Å². The van der Waals surface area contributed by atoms with Crippen LogP contribution in [0.4, 0.5) is 8.78 Å². The van der Waals surface area contributed by atoms with E-state index < -0.39 is 12.5 Å². The van der Waals surface area contributed by atoms with Crippen LogP contribution in [0.2, 0.25) is 0 Å². The van der Waals surface area contributed by atoms with Crippen molar-refractivity contribution in [1.29, 1.82) is 0 Å². The topological polar surface area (TPSA) is 74.6 Å². The number of hydrogen-bond donors (Lipinski definition) is 1. The number of methoxy groups -OCH3 is 3. The fourth-order valence-corrected chi connectivity index (χ4v) is 3.46. The van der Waals surface area contributed by atoms with E-state index in [9.17, 15) is 13.6 Å². The average molecular weight is 433 g/mol. The summed E-state index contributed by atoms with van der Waals surface area (Å²) >= 11 is 0. The molecule has 2 aromatic carbocycles. The van der Waals surface area contributed by atoms with Gasteiger partial charge < -0.3 is 19.5 Å². The lowest BCUT2D eigenvalue weighted by Crippen LogP contribution is -2.30. The zero-order valence-corrected chi connectivity index (χ0v) is 17.8. The second-order valence-corrected chi connectivity index (χ2v) is 7.02. The molecule has 1 N–H and O–H groups in total. The van der Waals surface area contributed by atoms with E-state index in [-0.39, 0.29) is 24.7 Å². The molecule has 1 atom stereocenters. The lowest BCUT2D eigenvalue weighted by molar-refractivity contribution is -0.120. The van der Waals surface area contributed by atoms with E-state index in [1.165, 1.54) is 21.3 Å². The molecule has 1 aromatic heterocycles. The molecule has 0 aliphatic carbocycles. The van der Waals surface area contributed by atoms with Crippen molar-refractivity contribution in [3.8, 4) is 17.2 Å². The Morgan fingerprint density at radius 2 is 1.74 bits per heavy atom. The number of carbonyl (C=O) groups excluding carboxylic acids is 1. The lowest BCUT2D eigenvalue weighted by Gasteiger charge is -2.16. The lowest BCUT2D eigenvalue weighted by atomic mass is 10.1. The number of nitrogens with zero attached hydrogens (tertiary/aromatic N) is 2. The highest BCUT2D eigenvalue weighted by Gasteiger charge is 2.22. The number of hydrogen-bond acceptors (Lipinski definition) is 5. The number of halogens is 2. The minimum atomic E-state index is -2.72. The summed E-state index contributed by atoms with van der Waals surface area (Å²) in [4.78, 5) is 16.8. The number of ether oxygens (including phenoxy) is 3. The van der Waals surface area contributed by atoms with Gasteiger partial charge in [-0.3, -0.25) is 9.36 Å². The number of nitrogens with one attached hydrogen (secondary N) is 1. The first-order chi connectivity index (χ1) is 14.9. The Morgan fingerprint density at radius 1 is 1.10 bits per heavy atom. The molecule has 9 heteroatoms. The molecule has 0 aliphatic heterocycles. The van der Waals surface area contributed by atoms with Crippen LogP contribution in [0.15, 0.2) is 36.4 Å². The van der Waals surface area contributed by atoms with Crippen molar-refractivity contribution in [3.63, 3.8) is 0 Å². The summed E-state index contributed by atoms with van der Waals surface area (Å²) in [6.07, 6.45) is 0.0642. The van der Waals surface area contributed by atoms with Gasteiger partial charge in [-0.1, -0.05) is 19.1 Å². The third-order valence-corrected chi connectivity index (χ3v) is 4.95. The molecule has 0 saturated heterocycles. The minimum absolute atomic E-state index is 0.0642. The molecule has 0 fully saturated rings. The smallest absolute Gasteiger partial charge is 0.320 e. The molecule has 3 aromatic rings. The van der Waals surface area contributed by atoms with E-state index in [0.717, 1.165) is 4.57 Å². The Kier molecular flexibility index (Phi) is 6.94. The van der Waals surface area contributed by atoms with Crippen LogP contribution in [-0.4, -0.2) is 43.3 Å². The van der Waals surface area contributed by atoms with Gasteiger partial charge in [0.1, 0.15) is 5.82 Å². The van der Waals surface area contributed by atoms with Crippen molar-refractivity contribution < 1.29 is 27.8 Å². The second kappa shape index (κ2) is 9.63. The van der Waals surface area contributed by atoms with Crippen LogP contribution in [0.1, 0.15) is 30.8 Å². The van der Waals surface area contributed by atoms with Crippen LogP contribution in [0.25, 0.3) is 11.0 Å². The summed E-state index contributed by atoms with van der Waals surface area (Å²) in [5.74, 6) is 0.886. The van der Waals surface area contributed by atoms with Crippen molar-refractivity contribution in [2.24, 2.45) is 0 Å². The third-order valence-electron chi connectivity index (χ3n) is 4.95. The summed E-state index contributed by atoms with van der Waals surface area (Å²) in [6.45, 7) is -0.807. The maximum Gasteiger partial charge on any atom is 0.320 e. The van der Waals surface area contributed by atoms with E-state index in [4.69, 9.17) is 14.2 Å². The molecule has 0 saturated carbocycles. The van der Waals surface area contributed by atoms with Crippen molar-refractivity contribution >= 4 is 16.9 Å². The molecule has 1 amide bonds. The van der Waals surface area contributed by atoms with Gasteiger partial charge in [0.05, 0.1) is 38.8 Å². The standard InChI is InChI=1S/C22H25F2N3O4/c1-13(21-26-15-7-5-6-8-16(15)27(21)22(23)24)12-25-19(28)11-14-9-17(29-2)20(31-4)18(10-14)30-3/h5-10,13,22H,11-12H2,1-4H3,(H,25,28)/t13-/m0/s1. The van der Waals surface area contributed by atoms with Crippen LogP contribution in [-0.2, 0) is 11.2 Å². The van der Waals surface area contributed by atoms with E-state index >= 15 is 0 Å². The summed E-state index contributed by atoms with van der Waals surface area (Å²) in [5, 5.41) is 2.79. The normalized spacial score (nSPS) is 12.1. The molecule has 31 heavy (non-hydrogen) atoms. The Hall–Kier alpha value is -3.36. The maximum atomic E-state index is 13.6. The number of amides is 1. The third kappa shape index (κ3) is 4.70. The fourth-order valence-electron chi connectivity index (χ4n) is 3.46. The van der Waals surface area contributed by atoms with Crippen molar-refractivity contribution in [1.82, 2.24) is 14.9 Å². The quantitative estimate of drug-likeness (QED) is 0.554. The molecule has 0 radical (unpaired) electrons. The second-order valence-electron chi connectivity index (χ2n) is 7.02. The van der Waals surface area contributed by atoms with Crippen LogP contribution in [0.3, 0.4) is 0 Å². The highest BCUT2D eigenvalue weighted by Crippen LogP contribution is 2.38. The fraction of sp³-hybridized carbons (Fsp3) is 0.364. The molecular formula is C22H25F2N3O4. The molecule has 3 rings (SSSR count). The largest absolute Gasteiger partial charge is 0.493 e. The van der Waals surface area contributed by atoms with Crippen molar-refractivity contribution in [2.45, 2.75) is 25.8 Å². The molecule has 0 bridgehead atoms. The Labute approximate surface area is 178 Å². The first-order valence-corrected chi connectivity index (χ1v) is 9.70. The highest BCUT2D eigenvalue weighted by molar-refractivity contribution is 5.79. The van der Waals surface area contributed by atoms with Crippen molar-refractivity contribution in [2.75, 3.05) is 27.9 Å². The number of rotatable bonds is 9. The molecule has 7 nitrogen and oxygen atoms in total. The number of fused-ring (bicyclic) bond motifs is 1. The first kappa shape index (κ1) is 22.3. The van der Waals surface area contributed by atoms with Gasteiger partial charge in [0.15, 0.2) is 11.5 Å². The average Bonchev–Trinajstić information content (AvgIpc) is 3.16. The highest BCUT2D eigenvalue weighted by atomic mass is 19.3. The predicted molar refractivity (Wildman–Crippen MR) is 112 cm³/mol. The molecule has 0 spiro atoms. The Bertz CT molecular complexity index is 1040. The van der Waals surface area contributed by atoms with Gasteiger partial charge in [-0.25, -0.2) is 4.98 Å². The van der Waals surface area contributed by atoms with Gasteiger partial charge in [0, 0.05) is 12.5 Å².